The van der Waals surface area contributed by atoms with Crippen LogP contribution in [0.5, 0.6) is 11.5 Å². The number of carbonyl (C=O) groups is 1. The lowest BCUT2D eigenvalue weighted by molar-refractivity contribution is 0.0694. The first-order chi connectivity index (χ1) is 8.72. The van der Waals surface area contributed by atoms with Crippen molar-refractivity contribution in [2.24, 2.45) is 0 Å². The van der Waals surface area contributed by atoms with Crippen LogP contribution in [0.2, 0.25) is 0 Å². The number of rotatable bonds is 3. The van der Waals surface area contributed by atoms with E-state index in [9.17, 15) is 4.79 Å². The molecule has 1 heterocycles. The normalized spacial score (nSPS) is 9.50. The van der Waals surface area contributed by atoms with Crippen LogP contribution in [-0.4, -0.2) is 16.1 Å². The number of nitriles is 1. The highest BCUT2D eigenvalue weighted by atomic mass is 16.5. The number of pyridine rings is 1. The molecule has 0 bridgehead atoms. The second-order valence-corrected chi connectivity index (χ2v) is 3.37. The summed E-state index contributed by atoms with van der Waals surface area (Å²) in [4.78, 5) is 14.8. The summed E-state index contributed by atoms with van der Waals surface area (Å²) in [6.45, 7) is 0. The van der Waals surface area contributed by atoms with Crippen LogP contribution in [0.25, 0.3) is 0 Å². The van der Waals surface area contributed by atoms with Gasteiger partial charge < -0.3 is 9.84 Å². The number of nitrogens with zero attached hydrogens (tertiary/aromatic N) is 2. The predicted octanol–water partition coefficient (Wildman–Crippen LogP) is 2.44. The Morgan fingerprint density at radius 2 is 1.94 bits per heavy atom. The van der Waals surface area contributed by atoms with E-state index in [2.05, 4.69) is 4.98 Å². The molecule has 0 fully saturated rings. The molecule has 5 heteroatoms. The molecule has 5 nitrogen and oxygen atoms in total. The van der Waals surface area contributed by atoms with Gasteiger partial charge in [0, 0.05) is 6.20 Å². The first kappa shape index (κ1) is 11.6. The molecule has 1 aromatic heterocycles. The number of hydrogen-bond acceptors (Lipinski definition) is 4. The van der Waals surface area contributed by atoms with E-state index in [1.54, 1.807) is 24.3 Å². The second kappa shape index (κ2) is 4.97. The number of aromatic carboxylic acids is 1. The highest BCUT2D eigenvalue weighted by molar-refractivity contribution is 5.90. The van der Waals surface area contributed by atoms with Gasteiger partial charge in [0.1, 0.15) is 17.4 Å². The lowest BCUT2D eigenvalue weighted by atomic mass is 10.2. The Bertz CT molecular complexity index is 632. The third kappa shape index (κ3) is 2.28. The van der Waals surface area contributed by atoms with Crippen molar-refractivity contribution < 1.29 is 14.6 Å². The van der Waals surface area contributed by atoms with Crippen LogP contribution in [0.1, 0.15) is 16.1 Å². The number of carboxylic acids is 1. The maximum Gasteiger partial charge on any atom is 0.339 e. The minimum atomic E-state index is -1.09. The van der Waals surface area contributed by atoms with Crippen LogP contribution >= 0.6 is 0 Å². The molecule has 0 radical (unpaired) electrons. The maximum atomic E-state index is 11.0. The van der Waals surface area contributed by atoms with Crippen LogP contribution in [0.4, 0.5) is 0 Å². The molecular weight excluding hydrogens is 232 g/mol. The molecule has 0 unspecified atom stereocenters. The average molecular weight is 240 g/mol. The Kier molecular flexibility index (Phi) is 3.21. The van der Waals surface area contributed by atoms with E-state index >= 15 is 0 Å². The fourth-order valence-corrected chi connectivity index (χ4v) is 1.41. The van der Waals surface area contributed by atoms with Crippen molar-refractivity contribution in [3.63, 3.8) is 0 Å². The molecule has 18 heavy (non-hydrogen) atoms. The average Bonchev–Trinajstić information content (AvgIpc) is 2.40. The third-order valence-corrected chi connectivity index (χ3v) is 2.21. The minimum absolute atomic E-state index is 0.0326. The Morgan fingerprint density at radius 1 is 1.22 bits per heavy atom. The predicted molar refractivity (Wildman–Crippen MR) is 62.4 cm³/mol. The van der Waals surface area contributed by atoms with E-state index in [0.29, 0.717) is 0 Å². The fourth-order valence-electron chi connectivity index (χ4n) is 1.41. The van der Waals surface area contributed by atoms with Gasteiger partial charge >= 0.3 is 5.97 Å². The van der Waals surface area contributed by atoms with Gasteiger partial charge in [0.25, 0.3) is 0 Å². The van der Waals surface area contributed by atoms with Crippen LogP contribution in [0.3, 0.4) is 0 Å². The largest absolute Gasteiger partial charge is 0.478 e. The zero-order valence-electron chi connectivity index (χ0n) is 9.20. The summed E-state index contributed by atoms with van der Waals surface area (Å²) in [6, 6.07) is 11.3. The van der Waals surface area contributed by atoms with E-state index in [1.165, 1.54) is 18.3 Å². The molecule has 0 amide bonds. The zero-order valence-corrected chi connectivity index (χ0v) is 9.20. The number of ether oxygens (including phenoxy) is 1. The molecule has 2 rings (SSSR count). The van der Waals surface area contributed by atoms with E-state index in [0.717, 1.165) is 0 Å². The van der Waals surface area contributed by atoms with Crippen molar-refractivity contribution in [2.75, 3.05) is 0 Å². The van der Waals surface area contributed by atoms with Crippen molar-refractivity contribution in [2.45, 2.75) is 0 Å². The third-order valence-electron chi connectivity index (χ3n) is 2.21. The zero-order chi connectivity index (χ0) is 13.0. The fraction of sp³-hybridized carbons (Fsp3) is 0. The number of hydrogen-bond donors (Lipinski definition) is 1. The van der Waals surface area contributed by atoms with Gasteiger partial charge in [-0.25, -0.2) is 9.78 Å². The number of benzene rings is 1. The topological polar surface area (TPSA) is 83.2 Å². The Labute approximate surface area is 103 Å². The van der Waals surface area contributed by atoms with Crippen LogP contribution in [0.15, 0.2) is 42.6 Å². The summed E-state index contributed by atoms with van der Waals surface area (Å²) in [5.74, 6) is -0.684. The summed E-state index contributed by atoms with van der Waals surface area (Å²) in [5.41, 5.74) is 0.142. The smallest absolute Gasteiger partial charge is 0.339 e. The summed E-state index contributed by atoms with van der Waals surface area (Å²) < 4.78 is 5.43. The van der Waals surface area contributed by atoms with E-state index in [4.69, 9.17) is 15.1 Å². The van der Waals surface area contributed by atoms with Gasteiger partial charge in [-0.2, -0.15) is 5.26 Å². The van der Waals surface area contributed by atoms with Gasteiger partial charge in [-0.15, -0.1) is 0 Å². The minimum Gasteiger partial charge on any atom is -0.478 e. The SMILES string of the molecule is N#Cc1ncccc1Oc1ccccc1C(=O)O. The quantitative estimate of drug-likeness (QED) is 0.890. The number of aromatic nitrogens is 1. The molecule has 0 spiro atoms. The van der Waals surface area contributed by atoms with Gasteiger partial charge in [0.15, 0.2) is 11.4 Å². The molecule has 0 aliphatic carbocycles. The van der Waals surface area contributed by atoms with Crippen molar-refractivity contribution in [1.82, 2.24) is 4.98 Å². The maximum absolute atomic E-state index is 11.0. The summed E-state index contributed by atoms with van der Waals surface area (Å²) >= 11 is 0. The highest BCUT2D eigenvalue weighted by Gasteiger charge is 2.12. The van der Waals surface area contributed by atoms with E-state index in [-0.39, 0.29) is 22.8 Å². The van der Waals surface area contributed by atoms with Gasteiger partial charge in [-0.05, 0) is 24.3 Å². The van der Waals surface area contributed by atoms with Crippen LogP contribution in [0, 0.1) is 11.3 Å². The first-order valence-electron chi connectivity index (χ1n) is 5.07. The standard InChI is InChI=1S/C13H8N2O3/c14-8-10-12(6-3-7-15-10)18-11-5-2-1-4-9(11)13(16)17/h1-7H,(H,16,17). The lowest BCUT2D eigenvalue weighted by Gasteiger charge is -2.08. The van der Waals surface area contributed by atoms with Crippen molar-refractivity contribution in [3.8, 4) is 17.6 Å². The molecule has 0 aliphatic rings. The highest BCUT2D eigenvalue weighted by Crippen LogP contribution is 2.26. The summed E-state index contributed by atoms with van der Waals surface area (Å²) in [6.07, 6.45) is 1.47. The Morgan fingerprint density at radius 3 is 2.67 bits per heavy atom. The van der Waals surface area contributed by atoms with Gasteiger partial charge in [-0.1, -0.05) is 12.1 Å². The first-order valence-corrected chi connectivity index (χ1v) is 5.07. The molecule has 0 saturated carbocycles. The molecule has 88 valence electrons. The molecular formula is C13H8N2O3. The number of para-hydroxylation sites is 1. The molecule has 0 saturated heterocycles. The Hall–Kier alpha value is -2.87. The molecule has 1 aromatic carbocycles. The summed E-state index contributed by atoms with van der Waals surface area (Å²) in [5, 5.41) is 17.9. The lowest BCUT2D eigenvalue weighted by Crippen LogP contribution is -2.00. The summed E-state index contributed by atoms with van der Waals surface area (Å²) in [7, 11) is 0. The van der Waals surface area contributed by atoms with Crippen molar-refractivity contribution >= 4 is 5.97 Å². The molecule has 0 atom stereocenters. The van der Waals surface area contributed by atoms with Gasteiger partial charge in [0.05, 0.1) is 0 Å². The van der Waals surface area contributed by atoms with Crippen LogP contribution < -0.4 is 4.74 Å². The van der Waals surface area contributed by atoms with E-state index < -0.39 is 5.97 Å². The Balaban J connectivity index is 2.41. The van der Waals surface area contributed by atoms with Gasteiger partial charge in [-0.3, -0.25) is 0 Å². The second-order valence-electron chi connectivity index (χ2n) is 3.37. The molecule has 0 aliphatic heterocycles. The molecule has 1 N–H and O–H groups in total. The number of carboxylic acid groups (broad SMARTS) is 1. The monoisotopic (exact) mass is 240 g/mol. The van der Waals surface area contributed by atoms with Gasteiger partial charge in [0.2, 0.25) is 0 Å². The van der Waals surface area contributed by atoms with Crippen molar-refractivity contribution in [1.29, 1.82) is 5.26 Å². The molecule has 2 aromatic rings. The van der Waals surface area contributed by atoms with Crippen molar-refractivity contribution in [3.05, 3.63) is 53.9 Å². The van der Waals surface area contributed by atoms with E-state index in [1.807, 2.05) is 6.07 Å². The van der Waals surface area contributed by atoms with Crippen LogP contribution in [-0.2, 0) is 0 Å².